The van der Waals surface area contributed by atoms with Crippen LogP contribution < -0.4 is 33.2 Å². The topological polar surface area (TPSA) is 112 Å². The van der Waals surface area contributed by atoms with Crippen molar-refractivity contribution in [2.75, 3.05) is 42.7 Å². The summed E-state index contributed by atoms with van der Waals surface area (Å²) in [4.78, 5) is 30.0. The number of rotatable bonds is 9. The fraction of sp³-hybridized carbons (Fsp3) is 0.207. The summed E-state index contributed by atoms with van der Waals surface area (Å²) in [6.45, 7) is 0. The smallest absolute Gasteiger partial charge is 0.212 e. The summed E-state index contributed by atoms with van der Waals surface area (Å²) >= 11 is 0. The van der Waals surface area contributed by atoms with Crippen molar-refractivity contribution in [1.29, 1.82) is 0 Å². The predicted molar refractivity (Wildman–Crippen MR) is 142 cm³/mol. The van der Waals surface area contributed by atoms with Crippen LogP contribution in [0.1, 0.15) is 26.4 Å². The first-order chi connectivity index (χ1) is 19.0. The van der Waals surface area contributed by atoms with Crippen LogP contribution in [0.25, 0.3) is 21.9 Å². The maximum Gasteiger partial charge on any atom is 0.212 e. The van der Waals surface area contributed by atoms with E-state index in [-0.39, 0.29) is 28.5 Å². The van der Waals surface area contributed by atoms with Gasteiger partial charge in [-0.15, -0.1) is 0 Å². The van der Waals surface area contributed by atoms with E-state index < -0.39 is 0 Å². The summed E-state index contributed by atoms with van der Waals surface area (Å²) in [5.41, 5.74) is 1.89. The highest BCUT2D eigenvalue weighted by Gasteiger charge is 2.35. The second-order valence-corrected chi connectivity index (χ2v) is 8.40. The van der Waals surface area contributed by atoms with E-state index in [1.165, 1.54) is 54.8 Å². The molecule has 1 aliphatic rings. The van der Waals surface area contributed by atoms with Crippen LogP contribution in [0.4, 0.5) is 0 Å². The molecule has 1 aliphatic carbocycles. The van der Waals surface area contributed by atoms with Crippen molar-refractivity contribution in [1.82, 2.24) is 4.98 Å². The van der Waals surface area contributed by atoms with Crippen LogP contribution in [0.15, 0.2) is 36.5 Å². The summed E-state index contributed by atoms with van der Waals surface area (Å²) in [5, 5.41) is 1.22. The van der Waals surface area contributed by atoms with Crippen molar-refractivity contribution in [3.8, 4) is 57.1 Å². The third kappa shape index (κ3) is 3.83. The molecule has 4 aromatic rings. The third-order valence-corrected chi connectivity index (χ3v) is 6.59. The minimum Gasteiger partial charge on any atom is -0.493 e. The molecular formula is C29H25NO9. The lowest BCUT2D eigenvalue weighted by Crippen LogP contribution is -2.14. The highest BCUT2D eigenvalue weighted by molar-refractivity contribution is 6.27. The second kappa shape index (κ2) is 10.1. The molecule has 0 bridgehead atoms. The van der Waals surface area contributed by atoms with Gasteiger partial charge in [0.25, 0.3) is 0 Å². The highest BCUT2D eigenvalue weighted by atomic mass is 16.5. The Morgan fingerprint density at radius 2 is 1.28 bits per heavy atom. The molecule has 0 aliphatic heterocycles. The lowest BCUT2D eigenvalue weighted by Gasteiger charge is -2.25. The van der Waals surface area contributed by atoms with Crippen molar-refractivity contribution >= 4 is 22.8 Å². The van der Waals surface area contributed by atoms with Gasteiger partial charge in [-0.25, -0.2) is 0 Å². The molecule has 0 spiro atoms. The number of carbonyl (C=O) groups excluding carboxylic acids is 2. The predicted octanol–water partition coefficient (Wildman–Crippen LogP) is 5.10. The Bertz CT molecular complexity index is 1640. The molecule has 200 valence electrons. The van der Waals surface area contributed by atoms with Crippen molar-refractivity contribution < 1.29 is 42.7 Å². The van der Waals surface area contributed by atoms with E-state index in [0.29, 0.717) is 68.2 Å². The number of ketones is 1. The van der Waals surface area contributed by atoms with E-state index in [0.717, 1.165) is 0 Å². The summed E-state index contributed by atoms with van der Waals surface area (Å²) in [5.74, 6) is 2.29. The molecule has 0 N–H and O–H groups in total. The fourth-order valence-corrected chi connectivity index (χ4v) is 4.86. The molecule has 0 amide bonds. The van der Waals surface area contributed by atoms with Gasteiger partial charge in [-0.2, -0.15) is 0 Å². The molecule has 0 saturated heterocycles. The number of fused-ring (bicyclic) bond motifs is 2. The van der Waals surface area contributed by atoms with Crippen LogP contribution in [0.2, 0.25) is 0 Å². The van der Waals surface area contributed by atoms with Crippen molar-refractivity contribution in [2.45, 2.75) is 0 Å². The Kier molecular flexibility index (Phi) is 6.61. The zero-order valence-corrected chi connectivity index (χ0v) is 22.2. The minimum absolute atomic E-state index is 0.189. The van der Waals surface area contributed by atoms with Gasteiger partial charge < -0.3 is 33.2 Å². The number of aldehydes is 1. The Labute approximate surface area is 223 Å². The van der Waals surface area contributed by atoms with Crippen LogP contribution in [0.3, 0.4) is 0 Å². The largest absolute Gasteiger partial charge is 0.493 e. The summed E-state index contributed by atoms with van der Waals surface area (Å²) < 4.78 is 39.6. The van der Waals surface area contributed by atoms with E-state index in [1.807, 2.05) is 0 Å². The molecule has 0 unspecified atom stereocenters. The number of hydrogen-bond acceptors (Lipinski definition) is 10. The molecule has 0 fully saturated rings. The molecular weight excluding hydrogens is 506 g/mol. The number of benzene rings is 3. The zero-order chi connectivity index (χ0) is 27.8. The summed E-state index contributed by atoms with van der Waals surface area (Å²) in [6, 6.07) is 8.03. The average Bonchev–Trinajstić information content (AvgIpc) is 2.98. The number of pyridine rings is 1. The molecule has 1 heterocycles. The second-order valence-electron chi connectivity index (χ2n) is 8.40. The van der Waals surface area contributed by atoms with Gasteiger partial charge in [0.05, 0.1) is 48.2 Å². The Morgan fingerprint density at radius 1 is 0.667 bits per heavy atom. The maximum atomic E-state index is 13.8. The first-order valence-electron chi connectivity index (χ1n) is 11.7. The summed E-state index contributed by atoms with van der Waals surface area (Å²) in [7, 11) is 8.97. The van der Waals surface area contributed by atoms with E-state index >= 15 is 0 Å². The Morgan fingerprint density at radius 3 is 1.90 bits per heavy atom. The lowest BCUT2D eigenvalue weighted by molar-refractivity contribution is 0.103. The number of nitrogens with zero attached hydrogens (tertiary/aromatic N) is 1. The normalized spacial score (nSPS) is 11.5. The van der Waals surface area contributed by atoms with Crippen molar-refractivity contribution in [3.63, 3.8) is 0 Å². The Hall–Kier alpha value is -4.99. The van der Waals surface area contributed by atoms with Gasteiger partial charge in [0.2, 0.25) is 11.5 Å². The SMILES string of the molecule is COc1cc(C=O)c(Oc2cc3c(cc2OC)-c2c(OC)c(OC)c(OC)c4ccnc(c24)C3=O)cc1OC. The van der Waals surface area contributed by atoms with Crippen LogP contribution >= 0.6 is 0 Å². The number of methoxy groups -OCH3 is 6. The highest BCUT2D eigenvalue weighted by Crippen LogP contribution is 2.55. The molecule has 1 aromatic heterocycles. The van der Waals surface area contributed by atoms with Gasteiger partial charge in [-0.05, 0) is 24.3 Å². The van der Waals surface area contributed by atoms with E-state index in [2.05, 4.69) is 4.98 Å². The van der Waals surface area contributed by atoms with Gasteiger partial charge in [0, 0.05) is 39.7 Å². The zero-order valence-electron chi connectivity index (χ0n) is 22.2. The molecule has 10 heteroatoms. The monoisotopic (exact) mass is 531 g/mol. The molecule has 39 heavy (non-hydrogen) atoms. The lowest BCUT2D eigenvalue weighted by atomic mass is 9.84. The van der Waals surface area contributed by atoms with Gasteiger partial charge in [0.1, 0.15) is 11.4 Å². The molecule has 0 radical (unpaired) electrons. The molecule has 0 saturated carbocycles. The van der Waals surface area contributed by atoms with Crippen LogP contribution in [0.5, 0.6) is 46.0 Å². The van der Waals surface area contributed by atoms with E-state index in [9.17, 15) is 9.59 Å². The van der Waals surface area contributed by atoms with Gasteiger partial charge in [0.15, 0.2) is 40.8 Å². The van der Waals surface area contributed by atoms with Gasteiger partial charge in [-0.3, -0.25) is 14.6 Å². The number of hydrogen-bond donors (Lipinski definition) is 0. The third-order valence-electron chi connectivity index (χ3n) is 6.59. The number of carbonyl (C=O) groups is 2. The maximum absolute atomic E-state index is 13.8. The van der Waals surface area contributed by atoms with Crippen molar-refractivity contribution in [3.05, 3.63) is 53.3 Å². The first kappa shape index (κ1) is 25.7. The minimum atomic E-state index is -0.326. The molecule has 10 nitrogen and oxygen atoms in total. The quantitative estimate of drug-likeness (QED) is 0.238. The first-order valence-corrected chi connectivity index (χ1v) is 11.7. The van der Waals surface area contributed by atoms with Gasteiger partial charge in [-0.1, -0.05) is 0 Å². The van der Waals surface area contributed by atoms with Crippen molar-refractivity contribution in [2.24, 2.45) is 0 Å². The Balaban J connectivity index is 1.78. The van der Waals surface area contributed by atoms with Crippen LogP contribution in [-0.4, -0.2) is 59.7 Å². The average molecular weight is 532 g/mol. The summed E-state index contributed by atoms with van der Waals surface area (Å²) in [6.07, 6.45) is 2.18. The number of aromatic nitrogens is 1. The molecule has 3 aromatic carbocycles. The fourth-order valence-electron chi connectivity index (χ4n) is 4.86. The molecule has 0 atom stereocenters. The standard InChI is InChI=1S/C29H25NO9/c1-33-19-9-14(13-31)18(12-21(19)35-3)39-22-11-17-16(10-20(22)34-2)24-23-15(7-8-30-25(23)26(17)32)27(36-4)29(38-6)28(24)37-5/h7-13H,1-6H3. The number of ether oxygens (including phenoxy) is 7. The molecule has 5 rings (SSSR count). The van der Waals surface area contributed by atoms with E-state index in [1.54, 1.807) is 24.4 Å². The van der Waals surface area contributed by atoms with Crippen LogP contribution in [0, 0.1) is 0 Å². The van der Waals surface area contributed by atoms with Gasteiger partial charge >= 0.3 is 0 Å². The van der Waals surface area contributed by atoms with Crippen LogP contribution in [-0.2, 0) is 0 Å². The van der Waals surface area contributed by atoms with E-state index in [4.69, 9.17) is 33.2 Å².